The van der Waals surface area contributed by atoms with Gasteiger partial charge in [-0.25, -0.2) is 0 Å². The van der Waals surface area contributed by atoms with Crippen LogP contribution in [0, 0.1) is 13.8 Å². The summed E-state index contributed by atoms with van der Waals surface area (Å²) in [4.78, 5) is 4.41. The standard InChI is InChI=1S/C12H12N4O2S/c1-6-9(12(13-3)19-16-6)11-14-10(15-18-11)8-4-5-17-7(8)2/h4-5,13H,1-3H3. The van der Waals surface area contributed by atoms with Gasteiger partial charge in [0.1, 0.15) is 10.8 Å². The molecular weight excluding hydrogens is 264 g/mol. The predicted molar refractivity (Wildman–Crippen MR) is 72.1 cm³/mol. The molecule has 0 saturated carbocycles. The Morgan fingerprint density at radius 3 is 2.84 bits per heavy atom. The van der Waals surface area contributed by atoms with Crippen molar-refractivity contribution in [3.63, 3.8) is 0 Å². The van der Waals surface area contributed by atoms with E-state index in [0.29, 0.717) is 11.7 Å². The molecule has 0 radical (unpaired) electrons. The van der Waals surface area contributed by atoms with Gasteiger partial charge in [0.15, 0.2) is 0 Å². The average molecular weight is 276 g/mol. The first-order valence-electron chi connectivity index (χ1n) is 5.73. The number of hydrogen-bond donors (Lipinski definition) is 1. The lowest BCUT2D eigenvalue weighted by molar-refractivity contribution is 0.432. The second-order valence-corrected chi connectivity index (χ2v) is 4.81. The number of aryl methyl sites for hydroxylation is 2. The van der Waals surface area contributed by atoms with Crippen LogP contribution in [0.1, 0.15) is 11.5 Å². The minimum Gasteiger partial charge on any atom is -0.469 e. The van der Waals surface area contributed by atoms with Crippen LogP contribution in [-0.4, -0.2) is 21.6 Å². The molecular formula is C12H12N4O2S. The van der Waals surface area contributed by atoms with Crippen molar-refractivity contribution >= 4 is 16.5 Å². The Bertz CT molecular complexity index is 713. The molecule has 0 fully saturated rings. The molecule has 3 aromatic heterocycles. The Hall–Kier alpha value is -2.15. The third kappa shape index (κ3) is 1.91. The van der Waals surface area contributed by atoms with Crippen LogP contribution < -0.4 is 5.32 Å². The number of hydrogen-bond acceptors (Lipinski definition) is 7. The van der Waals surface area contributed by atoms with Crippen LogP contribution in [0.25, 0.3) is 22.8 Å². The van der Waals surface area contributed by atoms with Crippen LogP contribution in [0.15, 0.2) is 21.3 Å². The highest BCUT2D eigenvalue weighted by Crippen LogP contribution is 2.34. The lowest BCUT2D eigenvalue weighted by Gasteiger charge is -1.96. The molecule has 0 atom stereocenters. The van der Waals surface area contributed by atoms with Crippen molar-refractivity contribution in [3.8, 4) is 22.8 Å². The van der Waals surface area contributed by atoms with Gasteiger partial charge in [0.05, 0.1) is 23.1 Å². The minimum absolute atomic E-state index is 0.464. The summed E-state index contributed by atoms with van der Waals surface area (Å²) in [6.45, 7) is 3.78. The van der Waals surface area contributed by atoms with Crippen LogP contribution in [0.2, 0.25) is 0 Å². The molecule has 0 aliphatic rings. The zero-order valence-electron chi connectivity index (χ0n) is 10.7. The highest BCUT2D eigenvalue weighted by molar-refractivity contribution is 7.10. The molecule has 0 bridgehead atoms. The molecule has 3 rings (SSSR count). The van der Waals surface area contributed by atoms with Gasteiger partial charge in [-0.1, -0.05) is 5.16 Å². The maximum absolute atomic E-state index is 5.34. The van der Waals surface area contributed by atoms with E-state index in [2.05, 4.69) is 19.8 Å². The summed E-state index contributed by atoms with van der Waals surface area (Å²) < 4.78 is 14.9. The molecule has 0 unspecified atom stereocenters. The molecule has 3 heterocycles. The van der Waals surface area contributed by atoms with Crippen LogP contribution in [0.4, 0.5) is 5.00 Å². The van der Waals surface area contributed by atoms with Gasteiger partial charge in [-0.3, -0.25) is 0 Å². The third-order valence-electron chi connectivity index (χ3n) is 2.83. The van der Waals surface area contributed by atoms with Crippen LogP contribution in [0.3, 0.4) is 0 Å². The molecule has 0 aromatic carbocycles. The van der Waals surface area contributed by atoms with Crippen molar-refractivity contribution < 1.29 is 8.94 Å². The van der Waals surface area contributed by atoms with E-state index >= 15 is 0 Å². The van der Waals surface area contributed by atoms with Gasteiger partial charge in [-0.05, 0) is 31.4 Å². The molecule has 1 N–H and O–H groups in total. The Morgan fingerprint density at radius 2 is 2.16 bits per heavy atom. The van der Waals surface area contributed by atoms with E-state index < -0.39 is 0 Å². The topological polar surface area (TPSA) is 77.0 Å². The molecule has 3 aromatic rings. The van der Waals surface area contributed by atoms with E-state index in [-0.39, 0.29) is 0 Å². The molecule has 0 saturated heterocycles. The van der Waals surface area contributed by atoms with Gasteiger partial charge in [0.2, 0.25) is 5.82 Å². The van der Waals surface area contributed by atoms with E-state index in [1.54, 1.807) is 6.26 Å². The maximum atomic E-state index is 5.34. The fourth-order valence-corrected chi connectivity index (χ4v) is 2.58. The fraction of sp³-hybridized carbons (Fsp3) is 0.250. The molecule has 0 amide bonds. The Balaban J connectivity index is 2.06. The van der Waals surface area contributed by atoms with Crippen molar-refractivity contribution in [1.29, 1.82) is 0 Å². The zero-order chi connectivity index (χ0) is 13.4. The van der Waals surface area contributed by atoms with Crippen LogP contribution >= 0.6 is 11.5 Å². The van der Waals surface area contributed by atoms with E-state index in [1.807, 2.05) is 27.0 Å². The van der Waals surface area contributed by atoms with Gasteiger partial charge >= 0.3 is 0 Å². The fourth-order valence-electron chi connectivity index (χ4n) is 1.84. The number of furan rings is 1. The number of anilines is 1. The van der Waals surface area contributed by atoms with Gasteiger partial charge in [0, 0.05) is 7.05 Å². The Morgan fingerprint density at radius 1 is 1.32 bits per heavy atom. The summed E-state index contributed by atoms with van der Waals surface area (Å²) >= 11 is 1.37. The van der Waals surface area contributed by atoms with E-state index in [9.17, 15) is 0 Å². The molecule has 0 aliphatic carbocycles. The van der Waals surface area contributed by atoms with Crippen molar-refractivity contribution in [3.05, 3.63) is 23.8 Å². The second kappa shape index (κ2) is 4.51. The highest BCUT2D eigenvalue weighted by atomic mass is 32.1. The van der Waals surface area contributed by atoms with Crippen LogP contribution in [-0.2, 0) is 0 Å². The second-order valence-electron chi connectivity index (χ2n) is 4.04. The van der Waals surface area contributed by atoms with E-state index in [0.717, 1.165) is 27.6 Å². The first-order chi connectivity index (χ1) is 9.20. The van der Waals surface area contributed by atoms with Gasteiger partial charge in [-0.2, -0.15) is 9.36 Å². The Kier molecular flexibility index (Phi) is 2.83. The average Bonchev–Trinajstić information content (AvgIpc) is 3.08. The van der Waals surface area contributed by atoms with Gasteiger partial charge in [-0.15, -0.1) is 0 Å². The van der Waals surface area contributed by atoms with Gasteiger partial charge < -0.3 is 14.3 Å². The molecule has 0 aliphatic heterocycles. The molecule has 98 valence electrons. The molecule has 6 nitrogen and oxygen atoms in total. The summed E-state index contributed by atoms with van der Waals surface area (Å²) in [6.07, 6.45) is 1.61. The number of aromatic nitrogens is 3. The van der Waals surface area contributed by atoms with E-state index in [1.165, 1.54) is 11.5 Å². The number of nitrogens with zero attached hydrogens (tertiary/aromatic N) is 3. The van der Waals surface area contributed by atoms with Crippen molar-refractivity contribution in [2.24, 2.45) is 0 Å². The lowest BCUT2D eigenvalue weighted by Crippen LogP contribution is -1.88. The third-order valence-corrected chi connectivity index (χ3v) is 3.79. The van der Waals surface area contributed by atoms with Gasteiger partial charge in [0.25, 0.3) is 5.89 Å². The quantitative estimate of drug-likeness (QED) is 0.792. The lowest BCUT2D eigenvalue weighted by atomic mass is 10.2. The molecule has 7 heteroatoms. The summed E-state index contributed by atoms with van der Waals surface area (Å²) in [5, 5.41) is 7.99. The molecule has 0 spiro atoms. The summed E-state index contributed by atoms with van der Waals surface area (Å²) in [6, 6.07) is 1.82. The normalized spacial score (nSPS) is 10.9. The smallest absolute Gasteiger partial charge is 0.263 e. The zero-order valence-corrected chi connectivity index (χ0v) is 11.5. The Labute approximate surface area is 113 Å². The largest absolute Gasteiger partial charge is 0.469 e. The predicted octanol–water partition coefficient (Wildman–Crippen LogP) is 3.11. The van der Waals surface area contributed by atoms with E-state index in [4.69, 9.17) is 8.94 Å². The van der Waals surface area contributed by atoms with Crippen molar-refractivity contribution in [1.82, 2.24) is 14.5 Å². The monoisotopic (exact) mass is 276 g/mol. The summed E-state index contributed by atoms with van der Waals surface area (Å²) in [5.74, 6) is 1.75. The number of rotatable bonds is 3. The maximum Gasteiger partial charge on any atom is 0.263 e. The first kappa shape index (κ1) is 11.9. The highest BCUT2D eigenvalue weighted by Gasteiger charge is 2.20. The first-order valence-corrected chi connectivity index (χ1v) is 6.50. The van der Waals surface area contributed by atoms with Crippen molar-refractivity contribution in [2.75, 3.05) is 12.4 Å². The summed E-state index contributed by atoms with van der Waals surface area (Å²) in [7, 11) is 1.84. The van der Waals surface area contributed by atoms with Crippen molar-refractivity contribution in [2.45, 2.75) is 13.8 Å². The summed E-state index contributed by atoms with van der Waals surface area (Å²) in [5.41, 5.74) is 2.56. The van der Waals surface area contributed by atoms with Crippen LogP contribution in [0.5, 0.6) is 0 Å². The SMILES string of the molecule is CNc1snc(C)c1-c1nc(-c2ccoc2C)no1. The molecule has 19 heavy (non-hydrogen) atoms. The number of nitrogens with one attached hydrogen (secondary N) is 1. The minimum atomic E-state index is 0.464.